The van der Waals surface area contributed by atoms with E-state index in [4.69, 9.17) is 0 Å². The molecular weight excluding hydrogens is 272 g/mol. The average molecular weight is 288 g/mol. The molecule has 108 valence electrons. The van der Waals surface area contributed by atoms with E-state index in [9.17, 15) is 0 Å². The number of aromatic nitrogens is 4. The first kappa shape index (κ1) is 12.8. The van der Waals surface area contributed by atoms with E-state index < -0.39 is 0 Å². The van der Waals surface area contributed by atoms with E-state index >= 15 is 0 Å². The minimum atomic E-state index is 0.812. The second kappa shape index (κ2) is 5.48. The lowest BCUT2D eigenvalue weighted by Gasteiger charge is -2.06. The number of H-pyrrole nitrogens is 1. The van der Waals surface area contributed by atoms with Crippen molar-refractivity contribution in [3.8, 4) is 11.3 Å². The van der Waals surface area contributed by atoms with E-state index in [1.807, 2.05) is 35.1 Å². The summed E-state index contributed by atoms with van der Waals surface area (Å²) in [7, 11) is 0. The fourth-order valence-electron chi connectivity index (χ4n) is 2.82. The van der Waals surface area contributed by atoms with Gasteiger partial charge < -0.3 is 4.98 Å². The van der Waals surface area contributed by atoms with Gasteiger partial charge in [0.15, 0.2) is 0 Å². The Hall–Kier alpha value is -2.88. The Bertz CT molecular complexity index is 890. The van der Waals surface area contributed by atoms with Gasteiger partial charge in [0.1, 0.15) is 0 Å². The molecule has 4 nitrogen and oxygen atoms in total. The molecule has 0 unspecified atom stereocenters. The molecule has 0 saturated heterocycles. The van der Waals surface area contributed by atoms with Crippen molar-refractivity contribution in [2.24, 2.45) is 0 Å². The Morgan fingerprint density at radius 1 is 0.955 bits per heavy atom. The van der Waals surface area contributed by atoms with E-state index in [2.05, 4.69) is 51.8 Å². The van der Waals surface area contributed by atoms with Gasteiger partial charge in [0.05, 0.1) is 11.9 Å². The Kier molecular flexibility index (Phi) is 3.20. The Labute approximate surface area is 128 Å². The molecule has 2 aromatic carbocycles. The summed E-state index contributed by atoms with van der Waals surface area (Å²) in [5.41, 5.74) is 4.69. The summed E-state index contributed by atoms with van der Waals surface area (Å²) in [4.78, 5) is 3.32. The monoisotopic (exact) mass is 288 g/mol. The van der Waals surface area contributed by atoms with Crippen LogP contribution in [0.3, 0.4) is 0 Å². The highest BCUT2D eigenvalue weighted by Gasteiger charge is 2.08. The second-order valence-electron chi connectivity index (χ2n) is 5.32. The van der Waals surface area contributed by atoms with E-state index in [0.717, 1.165) is 24.2 Å². The molecule has 0 spiro atoms. The summed E-state index contributed by atoms with van der Waals surface area (Å²) >= 11 is 0. The number of nitrogens with one attached hydrogen (secondary N) is 1. The van der Waals surface area contributed by atoms with E-state index in [1.165, 1.54) is 16.5 Å². The van der Waals surface area contributed by atoms with Gasteiger partial charge in [-0.25, -0.2) is 4.68 Å². The first-order chi connectivity index (χ1) is 10.9. The smallest absolute Gasteiger partial charge is 0.0885 e. The number of aryl methyl sites for hydroxylation is 2. The quantitative estimate of drug-likeness (QED) is 0.623. The molecule has 4 heteroatoms. The molecule has 22 heavy (non-hydrogen) atoms. The van der Waals surface area contributed by atoms with Crippen LogP contribution in [0.15, 0.2) is 67.0 Å². The summed E-state index contributed by atoms with van der Waals surface area (Å²) in [5, 5.41) is 9.58. The lowest BCUT2D eigenvalue weighted by molar-refractivity contribution is 0.596. The fraction of sp³-hybridized carbons (Fsp3) is 0.111. The Balaban J connectivity index is 1.59. The Morgan fingerprint density at radius 2 is 1.77 bits per heavy atom. The third-order valence-electron chi connectivity index (χ3n) is 3.96. The number of benzene rings is 2. The number of rotatable bonds is 4. The van der Waals surface area contributed by atoms with Crippen molar-refractivity contribution in [2.45, 2.75) is 13.0 Å². The maximum Gasteiger partial charge on any atom is 0.0885 e. The predicted octanol–water partition coefficient (Wildman–Crippen LogP) is 3.67. The number of hydrogen-bond donors (Lipinski definition) is 1. The summed E-state index contributed by atoms with van der Waals surface area (Å²) in [5.74, 6) is 0. The van der Waals surface area contributed by atoms with E-state index in [0.29, 0.717) is 0 Å². The summed E-state index contributed by atoms with van der Waals surface area (Å²) in [6, 6.07) is 18.6. The van der Waals surface area contributed by atoms with Crippen molar-refractivity contribution in [3.63, 3.8) is 0 Å². The van der Waals surface area contributed by atoms with Crippen molar-refractivity contribution in [3.05, 3.63) is 72.6 Å². The molecule has 0 bridgehead atoms. The standard InChI is InChI=1S/C18H16N4/c1-2-6-14(7-3-1)18-13-20-21-22(18)11-10-15-12-19-17-9-5-4-8-16(15)17/h1-9,12-13,19H,10-11H2. The van der Waals surface area contributed by atoms with Gasteiger partial charge in [-0.15, -0.1) is 5.10 Å². The first-order valence-corrected chi connectivity index (χ1v) is 7.41. The largest absolute Gasteiger partial charge is 0.361 e. The summed E-state index contributed by atoms with van der Waals surface area (Å²) in [6.45, 7) is 0.812. The van der Waals surface area contributed by atoms with Crippen molar-refractivity contribution in [2.75, 3.05) is 0 Å². The minimum Gasteiger partial charge on any atom is -0.361 e. The zero-order valence-corrected chi connectivity index (χ0v) is 12.1. The van der Waals surface area contributed by atoms with Crippen molar-refractivity contribution >= 4 is 10.9 Å². The number of hydrogen-bond acceptors (Lipinski definition) is 2. The van der Waals surface area contributed by atoms with Crippen LogP contribution >= 0.6 is 0 Å². The van der Waals surface area contributed by atoms with E-state index in [1.54, 1.807) is 0 Å². The van der Waals surface area contributed by atoms with Gasteiger partial charge in [0.2, 0.25) is 0 Å². The molecule has 0 atom stereocenters. The zero-order chi connectivity index (χ0) is 14.8. The first-order valence-electron chi connectivity index (χ1n) is 7.41. The molecule has 0 amide bonds. The highest BCUT2D eigenvalue weighted by molar-refractivity contribution is 5.83. The number of fused-ring (bicyclic) bond motifs is 1. The predicted molar refractivity (Wildman–Crippen MR) is 87.5 cm³/mol. The van der Waals surface area contributed by atoms with Crippen LogP contribution in [0, 0.1) is 0 Å². The van der Waals surface area contributed by atoms with Gasteiger partial charge in [-0.2, -0.15) is 0 Å². The van der Waals surface area contributed by atoms with Crippen molar-refractivity contribution < 1.29 is 0 Å². The van der Waals surface area contributed by atoms with Crippen molar-refractivity contribution in [1.29, 1.82) is 0 Å². The van der Waals surface area contributed by atoms with Gasteiger partial charge in [0, 0.05) is 29.2 Å². The number of aromatic amines is 1. The molecular formula is C18H16N4. The van der Waals surface area contributed by atoms with Crippen molar-refractivity contribution in [1.82, 2.24) is 20.0 Å². The SMILES string of the molecule is c1ccc(-c2cnnn2CCc2c[nH]c3ccccc23)cc1. The minimum absolute atomic E-state index is 0.812. The lowest BCUT2D eigenvalue weighted by Crippen LogP contribution is -2.05. The van der Waals surface area contributed by atoms with Crippen LogP contribution in [0.2, 0.25) is 0 Å². The third kappa shape index (κ3) is 2.29. The molecule has 2 heterocycles. The molecule has 0 radical (unpaired) electrons. The van der Waals surface area contributed by atoms with Crippen LogP contribution < -0.4 is 0 Å². The molecule has 4 rings (SSSR count). The maximum atomic E-state index is 4.23. The highest BCUT2D eigenvalue weighted by atomic mass is 15.4. The maximum absolute atomic E-state index is 4.23. The van der Waals surface area contributed by atoms with Gasteiger partial charge in [-0.3, -0.25) is 0 Å². The van der Waals surface area contributed by atoms with Gasteiger partial charge in [-0.1, -0.05) is 53.7 Å². The molecule has 0 aliphatic rings. The highest BCUT2D eigenvalue weighted by Crippen LogP contribution is 2.20. The molecule has 0 saturated carbocycles. The second-order valence-corrected chi connectivity index (χ2v) is 5.32. The van der Waals surface area contributed by atoms with Crippen LogP contribution in [-0.4, -0.2) is 20.0 Å². The molecule has 4 aromatic rings. The number of nitrogens with zero attached hydrogens (tertiary/aromatic N) is 3. The molecule has 1 N–H and O–H groups in total. The van der Waals surface area contributed by atoms with Crippen LogP contribution in [0.4, 0.5) is 0 Å². The summed E-state index contributed by atoms with van der Waals surface area (Å²) < 4.78 is 1.97. The van der Waals surface area contributed by atoms with Crippen LogP contribution in [0.5, 0.6) is 0 Å². The van der Waals surface area contributed by atoms with Crippen LogP contribution in [0.1, 0.15) is 5.56 Å². The van der Waals surface area contributed by atoms with Gasteiger partial charge in [-0.05, 0) is 18.1 Å². The zero-order valence-electron chi connectivity index (χ0n) is 12.1. The molecule has 0 aliphatic carbocycles. The topological polar surface area (TPSA) is 46.5 Å². The van der Waals surface area contributed by atoms with Gasteiger partial charge in [0.25, 0.3) is 0 Å². The third-order valence-corrected chi connectivity index (χ3v) is 3.96. The molecule has 0 aliphatic heterocycles. The average Bonchev–Trinajstić information content (AvgIpc) is 3.20. The Morgan fingerprint density at radius 3 is 2.68 bits per heavy atom. The van der Waals surface area contributed by atoms with Gasteiger partial charge >= 0.3 is 0 Å². The molecule has 2 aromatic heterocycles. The van der Waals surface area contributed by atoms with Crippen LogP contribution in [0.25, 0.3) is 22.2 Å². The normalized spacial score (nSPS) is 11.1. The van der Waals surface area contributed by atoms with E-state index in [-0.39, 0.29) is 0 Å². The lowest BCUT2D eigenvalue weighted by atomic mass is 10.1. The summed E-state index contributed by atoms with van der Waals surface area (Å²) in [6.07, 6.45) is 4.83. The fourth-order valence-corrected chi connectivity index (χ4v) is 2.82. The number of para-hydroxylation sites is 1. The van der Waals surface area contributed by atoms with Crippen LogP contribution in [-0.2, 0) is 13.0 Å². The molecule has 0 fully saturated rings.